The Hall–Kier alpha value is -1.40. The Balaban J connectivity index is 2.06. The van der Waals surface area contributed by atoms with Gasteiger partial charge in [-0.3, -0.25) is 0 Å². The van der Waals surface area contributed by atoms with Gasteiger partial charge in [0.15, 0.2) is 5.69 Å². The van der Waals surface area contributed by atoms with Gasteiger partial charge in [-0.25, -0.2) is 14.8 Å². The second kappa shape index (κ2) is 4.37. The highest BCUT2D eigenvalue weighted by Crippen LogP contribution is 2.30. The van der Waals surface area contributed by atoms with Crippen LogP contribution in [0.2, 0.25) is 5.28 Å². The van der Waals surface area contributed by atoms with Crippen molar-refractivity contribution in [2.24, 2.45) is 0 Å². The lowest BCUT2D eigenvalue weighted by molar-refractivity contribution is 0.0530. The summed E-state index contributed by atoms with van der Waals surface area (Å²) in [5.41, 5.74) is 1.00. The van der Waals surface area contributed by atoms with Crippen molar-refractivity contribution in [1.82, 2.24) is 9.97 Å². The molecule has 0 bridgehead atoms. The molecule has 1 saturated heterocycles. The molecule has 18 heavy (non-hydrogen) atoms. The summed E-state index contributed by atoms with van der Waals surface area (Å²) in [6.45, 7) is 4.24. The van der Waals surface area contributed by atoms with Crippen LogP contribution in [0.4, 0.5) is 5.82 Å². The van der Waals surface area contributed by atoms with Crippen molar-refractivity contribution in [2.75, 3.05) is 24.7 Å². The van der Waals surface area contributed by atoms with Crippen molar-refractivity contribution in [3.05, 3.63) is 16.5 Å². The first kappa shape index (κ1) is 11.7. The summed E-state index contributed by atoms with van der Waals surface area (Å²) in [5, 5.41) is 0.0706. The average Bonchev–Trinajstić information content (AvgIpc) is 2.71. The highest BCUT2D eigenvalue weighted by atomic mass is 35.5. The maximum Gasteiger partial charge on any atom is 0.357 e. The van der Waals surface area contributed by atoms with Gasteiger partial charge in [0.25, 0.3) is 0 Å². The first-order valence-corrected chi connectivity index (χ1v) is 6.12. The molecule has 1 atom stereocenters. The predicted molar refractivity (Wildman–Crippen MR) is 63.8 cm³/mol. The van der Waals surface area contributed by atoms with Crippen LogP contribution in [0.5, 0.6) is 0 Å². The number of fused-ring (bicyclic) bond motifs is 1. The van der Waals surface area contributed by atoms with Gasteiger partial charge < -0.3 is 14.4 Å². The van der Waals surface area contributed by atoms with Gasteiger partial charge in [-0.2, -0.15) is 0 Å². The van der Waals surface area contributed by atoms with Gasteiger partial charge in [0.2, 0.25) is 5.28 Å². The third-order valence-corrected chi connectivity index (χ3v) is 3.31. The van der Waals surface area contributed by atoms with E-state index in [0.717, 1.165) is 12.1 Å². The standard InChI is InChI=1S/C11H12ClN3O3/c1-6-4-17-3-2-15(6)9-7-5-18-10(16)8(7)13-11(12)14-9/h6H,2-5H2,1H3. The van der Waals surface area contributed by atoms with Crippen LogP contribution >= 0.6 is 11.6 Å². The maximum atomic E-state index is 11.5. The highest BCUT2D eigenvalue weighted by molar-refractivity contribution is 6.28. The molecule has 0 aliphatic carbocycles. The molecule has 0 saturated carbocycles. The van der Waals surface area contributed by atoms with E-state index in [1.807, 2.05) is 6.92 Å². The van der Waals surface area contributed by atoms with Crippen LogP contribution in [-0.2, 0) is 16.1 Å². The molecule has 1 aromatic heterocycles. The van der Waals surface area contributed by atoms with Crippen molar-refractivity contribution in [3.63, 3.8) is 0 Å². The zero-order chi connectivity index (χ0) is 12.7. The molecule has 1 aromatic rings. The molecule has 0 aromatic carbocycles. The molecule has 2 aliphatic rings. The highest BCUT2D eigenvalue weighted by Gasteiger charge is 2.32. The molecule has 0 radical (unpaired) electrons. The SMILES string of the molecule is CC1COCCN1c1nc(Cl)nc2c1COC2=O. The molecular weight excluding hydrogens is 258 g/mol. The molecule has 0 spiro atoms. The fraction of sp³-hybridized carbons (Fsp3) is 0.545. The Bertz CT molecular complexity index is 509. The van der Waals surface area contributed by atoms with Crippen LogP contribution < -0.4 is 4.90 Å². The zero-order valence-electron chi connectivity index (χ0n) is 9.85. The van der Waals surface area contributed by atoms with Crippen LogP contribution in [0.3, 0.4) is 0 Å². The average molecular weight is 270 g/mol. The molecule has 3 heterocycles. The fourth-order valence-electron chi connectivity index (χ4n) is 2.23. The van der Waals surface area contributed by atoms with Gasteiger partial charge in [0.1, 0.15) is 12.4 Å². The van der Waals surface area contributed by atoms with Crippen LogP contribution in [0.25, 0.3) is 0 Å². The summed E-state index contributed by atoms with van der Waals surface area (Å²) < 4.78 is 10.4. The van der Waals surface area contributed by atoms with Gasteiger partial charge in [-0.05, 0) is 18.5 Å². The second-order valence-corrected chi connectivity index (χ2v) is 4.67. The largest absolute Gasteiger partial charge is 0.456 e. The lowest BCUT2D eigenvalue weighted by Crippen LogP contribution is -2.44. The molecule has 3 rings (SSSR count). The molecule has 6 nitrogen and oxygen atoms in total. The lowest BCUT2D eigenvalue weighted by atomic mass is 10.2. The summed E-state index contributed by atoms with van der Waals surface area (Å²) >= 11 is 5.87. The van der Waals surface area contributed by atoms with Gasteiger partial charge >= 0.3 is 5.97 Å². The van der Waals surface area contributed by atoms with Crippen LogP contribution in [0, 0.1) is 0 Å². The van der Waals surface area contributed by atoms with Crippen molar-refractivity contribution >= 4 is 23.4 Å². The van der Waals surface area contributed by atoms with E-state index < -0.39 is 5.97 Å². The number of nitrogens with zero attached hydrogens (tertiary/aromatic N) is 3. The number of carbonyl (C=O) groups is 1. The van der Waals surface area contributed by atoms with Crippen molar-refractivity contribution in [2.45, 2.75) is 19.6 Å². The molecule has 96 valence electrons. The molecule has 7 heteroatoms. The van der Waals surface area contributed by atoms with E-state index in [0.29, 0.717) is 19.0 Å². The fourth-order valence-corrected chi connectivity index (χ4v) is 2.40. The smallest absolute Gasteiger partial charge is 0.357 e. The number of hydrogen-bond donors (Lipinski definition) is 0. The number of carbonyl (C=O) groups excluding carboxylic acids is 1. The summed E-state index contributed by atoms with van der Waals surface area (Å²) in [7, 11) is 0. The summed E-state index contributed by atoms with van der Waals surface area (Å²) in [5.74, 6) is 0.253. The summed E-state index contributed by atoms with van der Waals surface area (Å²) in [4.78, 5) is 21.8. The summed E-state index contributed by atoms with van der Waals surface area (Å²) in [6, 6.07) is 0.185. The molecular formula is C11H12ClN3O3. The minimum Gasteiger partial charge on any atom is -0.456 e. The van der Waals surface area contributed by atoms with E-state index in [-0.39, 0.29) is 23.6 Å². The normalized spacial score (nSPS) is 22.9. The molecule has 1 unspecified atom stereocenters. The first-order valence-electron chi connectivity index (χ1n) is 5.74. The molecule has 0 N–H and O–H groups in total. The molecule has 0 amide bonds. The van der Waals surface area contributed by atoms with Gasteiger partial charge in [0, 0.05) is 6.54 Å². The molecule has 2 aliphatic heterocycles. The van der Waals surface area contributed by atoms with Crippen LogP contribution in [0.1, 0.15) is 23.0 Å². The van der Waals surface area contributed by atoms with E-state index in [9.17, 15) is 4.79 Å². The Morgan fingerprint density at radius 1 is 1.44 bits per heavy atom. The van der Waals surface area contributed by atoms with Crippen molar-refractivity contribution in [1.29, 1.82) is 0 Å². The Labute approximate surface area is 109 Å². The van der Waals surface area contributed by atoms with Crippen molar-refractivity contribution < 1.29 is 14.3 Å². The van der Waals surface area contributed by atoms with Gasteiger partial charge in [0.05, 0.1) is 24.8 Å². The van der Waals surface area contributed by atoms with Crippen molar-refractivity contribution in [3.8, 4) is 0 Å². The monoisotopic (exact) mass is 269 g/mol. The van der Waals surface area contributed by atoms with Crippen LogP contribution in [-0.4, -0.2) is 41.7 Å². The number of anilines is 1. The lowest BCUT2D eigenvalue weighted by Gasteiger charge is -2.34. The maximum absolute atomic E-state index is 11.5. The van der Waals surface area contributed by atoms with Gasteiger partial charge in [-0.15, -0.1) is 0 Å². The van der Waals surface area contributed by atoms with E-state index >= 15 is 0 Å². The first-order chi connectivity index (χ1) is 8.66. The number of rotatable bonds is 1. The third kappa shape index (κ3) is 1.81. The minimum atomic E-state index is -0.434. The number of halogens is 1. The number of aromatic nitrogens is 2. The Morgan fingerprint density at radius 2 is 2.28 bits per heavy atom. The predicted octanol–water partition coefficient (Wildman–Crippen LogP) is 1.03. The topological polar surface area (TPSA) is 64.6 Å². The number of ether oxygens (including phenoxy) is 2. The summed E-state index contributed by atoms with van der Waals surface area (Å²) in [6.07, 6.45) is 0. The Morgan fingerprint density at radius 3 is 3.06 bits per heavy atom. The van der Waals surface area contributed by atoms with Crippen LogP contribution in [0.15, 0.2) is 0 Å². The quantitative estimate of drug-likeness (QED) is 0.560. The van der Waals surface area contributed by atoms with E-state index in [1.165, 1.54) is 0 Å². The number of cyclic esters (lactones) is 1. The third-order valence-electron chi connectivity index (χ3n) is 3.14. The Kier molecular flexibility index (Phi) is 2.83. The number of esters is 1. The zero-order valence-corrected chi connectivity index (χ0v) is 10.6. The second-order valence-electron chi connectivity index (χ2n) is 4.34. The van der Waals surface area contributed by atoms with E-state index in [4.69, 9.17) is 21.1 Å². The number of morpholine rings is 1. The molecule has 1 fully saturated rings. The van der Waals surface area contributed by atoms with E-state index in [1.54, 1.807) is 0 Å². The van der Waals surface area contributed by atoms with Gasteiger partial charge in [-0.1, -0.05) is 0 Å². The van der Waals surface area contributed by atoms with E-state index in [2.05, 4.69) is 14.9 Å². The number of hydrogen-bond acceptors (Lipinski definition) is 6. The minimum absolute atomic E-state index is 0.0706.